The van der Waals surface area contributed by atoms with Crippen molar-refractivity contribution in [2.45, 2.75) is 45.3 Å². The Kier molecular flexibility index (Phi) is 7.22. The Balaban J connectivity index is 1.30. The molecule has 8 heteroatoms. The molecule has 0 bridgehead atoms. The summed E-state index contributed by atoms with van der Waals surface area (Å²) in [6.07, 6.45) is -0.780. The molecular formula is C33H29F3N4O. The zero-order chi connectivity index (χ0) is 28.4. The molecule has 0 spiro atoms. The first-order valence-corrected chi connectivity index (χ1v) is 13.6. The van der Waals surface area contributed by atoms with Crippen LogP contribution in [0.1, 0.15) is 35.7 Å². The van der Waals surface area contributed by atoms with Crippen molar-refractivity contribution in [2.24, 2.45) is 0 Å². The zero-order valence-electron chi connectivity index (χ0n) is 22.6. The maximum absolute atomic E-state index is 12.6. The second kappa shape index (κ2) is 11.1. The van der Waals surface area contributed by atoms with Crippen molar-refractivity contribution in [1.82, 2.24) is 14.5 Å². The number of anilines is 1. The largest absolute Gasteiger partial charge is 0.573 e. The van der Waals surface area contributed by atoms with Crippen LogP contribution in [-0.2, 0) is 13.1 Å². The molecular weight excluding hydrogens is 525 g/mol. The van der Waals surface area contributed by atoms with Crippen molar-refractivity contribution in [2.75, 3.05) is 4.90 Å². The van der Waals surface area contributed by atoms with Crippen LogP contribution in [0.15, 0.2) is 103 Å². The van der Waals surface area contributed by atoms with Crippen molar-refractivity contribution in [3.05, 3.63) is 120 Å². The van der Waals surface area contributed by atoms with Gasteiger partial charge in [-0.2, -0.15) is 0 Å². The van der Waals surface area contributed by atoms with E-state index in [1.807, 2.05) is 61.7 Å². The molecule has 0 amide bonds. The topological polar surface area (TPSA) is 43.2 Å². The van der Waals surface area contributed by atoms with Crippen molar-refractivity contribution < 1.29 is 17.9 Å². The van der Waals surface area contributed by atoms with E-state index in [1.54, 1.807) is 12.1 Å². The SMILES string of the molecule is Cc1c(-c2ccc(N(Cc3ccccc3)Cc3ccccc3)nc2)nc(-c2ccc(OC(F)(F)F)cc2)n1C1CC1. The molecule has 2 aromatic heterocycles. The number of hydrogen-bond acceptors (Lipinski definition) is 4. The molecule has 1 aliphatic carbocycles. The van der Waals surface area contributed by atoms with Crippen LogP contribution in [0.25, 0.3) is 22.6 Å². The minimum Gasteiger partial charge on any atom is -0.406 e. The van der Waals surface area contributed by atoms with E-state index in [0.29, 0.717) is 6.04 Å². The molecule has 0 saturated heterocycles. The fraction of sp³-hybridized carbons (Fsp3) is 0.212. The lowest BCUT2D eigenvalue weighted by molar-refractivity contribution is -0.274. The first-order chi connectivity index (χ1) is 19.8. The van der Waals surface area contributed by atoms with Crippen LogP contribution in [0.3, 0.4) is 0 Å². The average Bonchev–Trinajstić information content (AvgIpc) is 3.75. The second-order valence-corrected chi connectivity index (χ2v) is 10.3. The van der Waals surface area contributed by atoms with Gasteiger partial charge in [0.1, 0.15) is 17.4 Å². The number of alkyl halides is 3. The van der Waals surface area contributed by atoms with Crippen molar-refractivity contribution in [3.8, 4) is 28.4 Å². The number of benzene rings is 3. The minimum absolute atomic E-state index is 0.252. The molecule has 2 heterocycles. The third kappa shape index (κ3) is 6.27. The van der Waals surface area contributed by atoms with Crippen LogP contribution in [0.4, 0.5) is 19.0 Å². The van der Waals surface area contributed by atoms with Gasteiger partial charge in [-0.15, -0.1) is 13.2 Å². The summed E-state index contributed by atoms with van der Waals surface area (Å²) < 4.78 is 44.1. The first kappa shape index (κ1) is 26.6. The van der Waals surface area contributed by atoms with Gasteiger partial charge in [0.05, 0.1) is 5.69 Å². The molecule has 1 fully saturated rings. The third-order valence-electron chi connectivity index (χ3n) is 7.19. The summed E-state index contributed by atoms with van der Waals surface area (Å²) >= 11 is 0. The Morgan fingerprint density at radius 2 is 1.39 bits per heavy atom. The Hall–Kier alpha value is -4.59. The fourth-order valence-electron chi connectivity index (χ4n) is 5.11. The lowest BCUT2D eigenvalue weighted by Crippen LogP contribution is -2.23. The molecule has 0 radical (unpaired) electrons. The van der Waals surface area contributed by atoms with Crippen molar-refractivity contribution in [3.63, 3.8) is 0 Å². The van der Waals surface area contributed by atoms with Gasteiger partial charge in [0, 0.05) is 42.1 Å². The lowest BCUT2D eigenvalue weighted by atomic mass is 10.1. The van der Waals surface area contributed by atoms with E-state index in [9.17, 15) is 13.2 Å². The number of rotatable bonds is 9. The highest BCUT2D eigenvalue weighted by molar-refractivity contribution is 5.69. The summed E-state index contributed by atoms with van der Waals surface area (Å²) in [6.45, 7) is 3.47. The summed E-state index contributed by atoms with van der Waals surface area (Å²) in [5, 5.41) is 0. The third-order valence-corrected chi connectivity index (χ3v) is 7.19. The molecule has 1 saturated carbocycles. The number of nitrogens with zero attached hydrogens (tertiary/aromatic N) is 4. The number of ether oxygens (including phenoxy) is 1. The summed E-state index contributed by atoms with van der Waals surface area (Å²) in [5.41, 5.74) is 5.86. The van der Waals surface area contributed by atoms with Crippen LogP contribution in [0, 0.1) is 6.92 Å². The first-order valence-electron chi connectivity index (χ1n) is 13.6. The molecule has 5 nitrogen and oxygen atoms in total. The second-order valence-electron chi connectivity index (χ2n) is 10.3. The monoisotopic (exact) mass is 554 g/mol. The normalized spacial score (nSPS) is 13.3. The minimum atomic E-state index is -4.73. The molecule has 0 unspecified atom stereocenters. The van der Waals surface area contributed by atoms with Crippen LogP contribution in [0.5, 0.6) is 5.75 Å². The van der Waals surface area contributed by atoms with E-state index in [0.717, 1.165) is 60.1 Å². The Labute approximate surface area is 236 Å². The molecule has 6 rings (SSSR count). The highest BCUT2D eigenvalue weighted by Crippen LogP contribution is 2.42. The lowest BCUT2D eigenvalue weighted by Gasteiger charge is -2.24. The van der Waals surface area contributed by atoms with Gasteiger partial charge < -0.3 is 14.2 Å². The van der Waals surface area contributed by atoms with Gasteiger partial charge in [-0.25, -0.2) is 9.97 Å². The van der Waals surface area contributed by atoms with E-state index >= 15 is 0 Å². The fourth-order valence-corrected chi connectivity index (χ4v) is 5.11. The summed E-state index contributed by atoms with van der Waals surface area (Å²) in [5.74, 6) is 1.34. The number of hydrogen-bond donors (Lipinski definition) is 0. The highest BCUT2D eigenvalue weighted by atomic mass is 19.4. The summed E-state index contributed by atoms with van der Waals surface area (Å²) in [4.78, 5) is 12.1. The number of imidazole rings is 1. The van der Waals surface area contributed by atoms with Crippen LogP contribution < -0.4 is 9.64 Å². The van der Waals surface area contributed by atoms with E-state index in [2.05, 4.69) is 38.5 Å². The predicted molar refractivity (Wildman–Crippen MR) is 153 cm³/mol. The van der Waals surface area contributed by atoms with E-state index in [4.69, 9.17) is 9.97 Å². The van der Waals surface area contributed by atoms with Crippen LogP contribution >= 0.6 is 0 Å². The Morgan fingerprint density at radius 1 is 0.805 bits per heavy atom. The van der Waals surface area contributed by atoms with Gasteiger partial charge in [-0.1, -0.05) is 60.7 Å². The Bertz CT molecular complexity index is 1550. The number of pyridine rings is 1. The Morgan fingerprint density at radius 3 is 1.90 bits per heavy atom. The summed E-state index contributed by atoms with van der Waals surface area (Å²) in [6, 6.07) is 31.0. The van der Waals surface area contributed by atoms with Crippen molar-refractivity contribution in [1.29, 1.82) is 0 Å². The summed E-state index contributed by atoms with van der Waals surface area (Å²) in [7, 11) is 0. The van der Waals surface area contributed by atoms with Crippen LogP contribution in [0.2, 0.25) is 0 Å². The molecule has 0 aliphatic heterocycles. The molecule has 208 valence electrons. The molecule has 0 N–H and O–H groups in total. The maximum atomic E-state index is 12.6. The van der Waals surface area contributed by atoms with Crippen LogP contribution in [-0.4, -0.2) is 20.9 Å². The maximum Gasteiger partial charge on any atom is 0.573 e. The van der Waals surface area contributed by atoms with Gasteiger partial charge in [0.25, 0.3) is 0 Å². The molecule has 5 aromatic rings. The standard InChI is InChI=1S/C33H29F3N4O/c1-23-31(38-32(40(23)28-15-16-28)26-12-17-29(18-13-26)41-33(34,35)36)27-14-19-30(37-20-27)39(21-24-8-4-2-5-9-24)22-25-10-6-3-7-11-25/h2-14,17-20,28H,15-16,21-22H2,1H3. The molecule has 3 aromatic carbocycles. The number of aromatic nitrogens is 3. The van der Waals surface area contributed by atoms with Crippen molar-refractivity contribution >= 4 is 5.82 Å². The van der Waals surface area contributed by atoms with Gasteiger partial charge in [0.2, 0.25) is 0 Å². The van der Waals surface area contributed by atoms with E-state index < -0.39 is 6.36 Å². The van der Waals surface area contributed by atoms with Gasteiger partial charge in [-0.3, -0.25) is 0 Å². The highest BCUT2D eigenvalue weighted by Gasteiger charge is 2.32. The van der Waals surface area contributed by atoms with Gasteiger partial charge in [0.15, 0.2) is 0 Å². The average molecular weight is 555 g/mol. The smallest absolute Gasteiger partial charge is 0.406 e. The predicted octanol–water partition coefficient (Wildman–Crippen LogP) is 8.36. The quantitative estimate of drug-likeness (QED) is 0.184. The molecule has 0 atom stereocenters. The molecule has 1 aliphatic rings. The van der Waals surface area contributed by atoms with Gasteiger partial charge >= 0.3 is 6.36 Å². The number of halogens is 3. The van der Waals surface area contributed by atoms with E-state index in [-0.39, 0.29) is 5.75 Å². The zero-order valence-corrected chi connectivity index (χ0v) is 22.6. The van der Waals surface area contributed by atoms with Gasteiger partial charge in [-0.05, 0) is 67.3 Å². The van der Waals surface area contributed by atoms with E-state index in [1.165, 1.54) is 23.3 Å². The molecule has 41 heavy (non-hydrogen) atoms.